The maximum Gasteiger partial charge on any atom is 0.227 e. The largest absolute Gasteiger partial charge is 0.491 e. The van der Waals surface area contributed by atoms with Gasteiger partial charge < -0.3 is 13.9 Å². The van der Waals surface area contributed by atoms with E-state index in [2.05, 4.69) is 4.98 Å². The SMILES string of the molecule is Fc1cccc(-c2nc3cc(OCC4CO4)ccc3o2)c1. The fraction of sp³-hybridized carbons (Fsp3) is 0.188. The van der Waals surface area contributed by atoms with E-state index in [0.717, 1.165) is 12.4 Å². The number of ether oxygens (including phenoxy) is 2. The highest BCUT2D eigenvalue weighted by Gasteiger charge is 2.23. The van der Waals surface area contributed by atoms with Crippen molar-refractivity contribution < 1.29 is 18.3 Å². The number of oxazole rings is 1. The minimum atomic E-state index is -0.316. The molecule has 1 fully saturated rings. The molecule has 5 heteroatoms. The topological polar surface area (TPSA) is 47.8 Å². The van der Waals surface area contributed by atoms with E-state index >= 15 is 0 Å². The fourth-order valence-corrected chi connectivity index (χ4v) is 2.10. The molecule has 0 bridgehead atoms. The molecule has 1 aliphatic rings. The van der Waals surface area contributed by atoms with E-state index in [1.807, 2.05) is 12.1 Å². The monoisotopic (exact) mass is 285 g/mol. The number of hydrogen-bond donors (Lipinski definition) is 0. The molecule has 1 aromatic heterocycles. The van der Waals surface area contributed by atoms with Gasteiger partial charge in [0, 0.05) is 11.6 Å². The quantitative estimate of drug-likeness (QED) is 0.689. The molecular formula is C16H12FNO3. The summed E-state index contributed by atoms with van der Waals surface area (Å²) in [5.74, 6) is 0.799. The van der Waals surface area contributed by atoms with Gasteiger partial charge in [0.1, 0.15) is 29.8 Å². The van der Waals surface area contributed by atoms with Gasteiger partial charge in [0.15, 0.2) is 5.58 Å². The van der Waals surface area contributed by atoms with Gasteiger partial charge in [0.25, 0.3) is 0 Å². The molecule has 4 rings (SSSR count). The highest BCUT2D eigenvalue weighted by molar-refractivity contribution is 5.77. The summed E-state index contributed by atoms with van der Waals surface area (Å²) in [6.45, 7) is 1.30. The number of rotatable bonds is 4. The molecule has 106 valence electrons. The van der Waals surface area contributed by atoms with Crippen LogP contribution in [0.1, 0.15) is 0 Å². The average molecular weight is 285 g/mol. The highest BCUT2D eigenvalue weighted by atomic mass is 19.1. The van der Waals surface area contributed by atoms with Crippen LogP contribution in [-0.2, 0) is 4.74 Å². The van der Waals surface area contributed by atoms with Gasteiger partial charge in [-0.3, -0.25) is 0 Å². The Labute approximate surface area is 120 Å². The third kappa shape index (κ3) is 2.60. The molecule has 0 radical (unpaired) electrons. The van der Waals surface area contributed by atoms with Crippen LogP contribution in [0.3, 0.4) is 0 Å². The third-order valence-electron chi connectivity index (χ3n) is 3.27. The maximum absolute atomic E-state index is 13.3. The van der Waals surface area contributed by atoms with Crippen LogP contribution in [0, 0.1) is 5.82 Å². The van der Waals surface area contributed by atoms with Crippen molar-refractivity contribution in [1.82, 2.24) is 4.98 Å². The lowest BCUT2D eigenvalue weighted by atomic mass is 10.2. The Morgan fingerprint density at radius 3 is 2.95 bits per heavy atom. The van der Waals surface area contributed by atoms with Gasteiger partial charge in [-0.05, 0) is 30.3 Å². The number of epoxide rings is 1. The molecule has 1 aliphatic heterocycles. The molecule has 1 atom stereocenters. The summed E-state index contributed by atoms with van der Waals surface area (Å²) >= 11 is 0. The molecule has 0 N–H and O–H groups in total. The summed E-state index contributed by atoms with van der Waals surface area (Å²) < 4.78 is 29.6. The van der Waals surface area contributed by atoms with Crippen LogP contribution in [-0.4, -0.2) is 24.3 Å². The van der Waals surface area contributed by atoms with Crippen molar-refractivity contribution >= 4 is 11.1 Å². The van der Waals surface area contributed by atoms with E-state index in [1.54, 1.807) is 18.2 Å². The van der Waals surface area contributed by atoms with Gasteiger partial charge in [-0.2, -0.15) is 0 Å². The maximum atomic E-state index is 13.3. The van der Waals surface area contributed by atoms with Gasteiger partial charge in [-0.25, -0.2) is 9.37 Å². The molecular weight excluding hydrogens is 273 g/mol. The Hall–Kier alpha value is -2.40. The van der Waals surface area contributed by atoms with Gasteiger partial charge in [0.2, 0.25) is 5.89 Å². The lowest BCUT2D eigenvalue weighted by molar-refractivity contribution is 0.263. The van der Waals surface area contributed by atoms with Crippen LogP contribution in [0.2, 0.25) is 0 Å². The zero-order valence-corrected chi connectivity index (χ0v) is 11.1. The molecule has 21 heavy (non-hydrogen) atoms. The average Bonchev–Trinajstić information content (AvgIpc) is 3.22. The first kappa shape index (κ1) is 12.3. The summed E-state index contributed by atoms with van der Waals surface area (Å²) in [5, 5.41) is 0. The standard InChI is InChI=1S/C16H12FNO3/c17-11-3-1-2-10(6-11)16-18-14-7-12(4-5-15(14)21-16)19-8-13-9-20-13/h1-7,13H,8-9H2. The van der Waals surface area contributed by atoms with E-state index in [-0.39, 0.29) is 11.9 Å². The van der Waals surface area contributed by atoms with Gasteiger partial charge in [-0.15, -0.1) is 0 Å². The van der Waals surface area contributed by atoms with Crippen molar-refractivity contribution in [3.05, 3.63) is 48.3 Å². The molecule has 0 saturated carbocycles. The predicted octanol–water partition coefficient (Wildman–Crippen LogP) is 3.41. The molecule has 4 nitrogen and oxygen atoms in total. The van der Waals surface area contributed by atoms with Gasteiger partial charge in [-0.1, -0.05) is 6.07 Å². The second-order valence-corrected chi connectivity index (χ2v) is 4.93. The Kier molecular flexibility index (Phi) is 2.86. The van der Waals surface area contributed by atoms with Crippen molar-refractivity contribution in [3.63, 3.8) is 0 Å². The van der Waals surface area contributed by atoms with Crippen molar-refractivity contribution in [1.29, 1.82) is 0 Å². The van der Waals surface area contributed by atoms with E-state index in [4.69, 9.17) is 13.9 Å². The van der Waals surface area contributed by atoms with Crippen molar-refractivity contribution in [2.75, 3.05) is 13.2 Å². The van der Waals surface area contributed by atoms with Crippen LogP contribution in [0.4, 0.5) is 4.39 Å². The third-order valence-corrected chi connectivity index (χ3v) is 3.27. The van der Waals surface area contributed by atoms with Gasteiger partial charge in [0.05, 0.1) is 6.61 Å². The fourth-order valence-electron chi connectivity index (χ4n) is 2.10. The molecule has 2 heterocycles. The molecule has 1 unspecified atom stereocenters. The second-order valence-electron chi connectivity index (χ2n) is 4.93. The van der Waals surface area contributed by atoms with E-state index in [9.17, 15) is 4.39 Å². The van der Waals surface area contributed by atoms with Crippen LogP contribution in [0.15, 0.2) is 46.9 Å². The van der Waals surface area contributed by atoms with Crippen molar-refractivity contribution in [2.24, 2.45) is 0 Å². The first-order valence-corrected chi connectivity index (χ1v) is 6.69. The lowest BCUT2D eigenvalue weighted by Crippen LogP contribution is -2.03. The van der Waals surface area contributed by atoms with Crippen LogP contribution < -0.4 is 4.74 Å². The summed E-state index contributed by atoms with van der Waals surface area (Å²) in [4.78, 5) is 4.38. The number of hydrogen-bond acceptors (Lipinski definition) is 4. The summed E-state index contributed by atoms with van der Waals surface area (Å²) in [5.41, 5.74) is 1.94. The second kappa shape index (κ2) is 4.86. The number of benzene rings is 2. The Morgan fingerprint density at radius 2 is 2.14 bits per heavy atom. The molecule has 1 saturated heterocycles. The van der Waals surface area contributed by atoms with E-state index in [0.29, 0.717) is 29.2 Å². The normalized spacial score (nSPS) is 17.1. The highest BCUT2D eigenvalue weighted by Crippen LogP contribution is 2.27. The van der Waals surface area contributed by atoms with Crippen molar-refractivity contribution in [3.8, 4) is 17.2 Å². The first-order valence-electron chi connectivity index (χ1n) is 6.69. The number of fused-ring (bicyclic) bond motifs is 1. The lowest BCUT2D eigenvalue weighted by Gasteiger charge is -2.02. The first-order chi connectivity index (χ1) is 10.3. The minimum absolute atomic E-state index is 0.209. The van der Waals surface area contributed by atoms with Crippen LogP contribution in [0.5, 0.6) is 5.75 Å². The summed E-state index contributed by atoms with van der Waals surface area (Å²) in [6.07, 6.45) is 0.209. The molecule has 0 spiro atoms. The Morgan fingerprint density at radius 1 is 1.24 bits per heavy atom. The zero-order valence-electron chi connectivity index (χ0n) is 11.1. The Bertz CT molecular complexity index is 795. The number of halogens is 1. The van der Waals surface area contributed by atoms with E-state index < -0.39 is 0 Å². The molecule has 2 aromatic carbocycles. The molecule has 0 aliphatic carbocycles. The summed E-state index contributed by atoms with van der Waals surface area (Å²) in [6, 6.07) is 11.6. The summed E-state index contributed by atoms with van der Waals surface area (Å²) in [7, 11) is 0. The Balaban J connectivity index is 1.65. The zero-order chi connectivity index (χ0) is 14.2. The minimum Gasteiger partial charge on any atom is -0.491 e. The smallest absolute Gasteiger partial charge is 0.227 e. The molecule has 0 amide bonds. The number of aromatic nitrogens is 1. The number of nitrogens with zero attached hydrogens (tertiary/aromatic N) is 1. The van der Waals surface area contributed by atoms with Gasteiger partial charge >= 0.3 is 0 Å². The van der Waals surface area contributed by atoms with E-state index in [1.165, 1.54) is 12.1 Å². The van der Waals surface area contributed by atoms with Crippen LogP contribution >= 0.6 is 0 Å². The molecule has 3 aromatic rings. The van der Waals surface area contributed by atoms with Crippen LogP contribution in [0.25, 0.3) is 22.6 Å². The predicted molar refractivity (Wildman–Crippen MR) is 74.6 cm³/mol. The van der Waals surface area contributed by atoms with Crippen molar-refractivity contribution in [2.45, 2.75) is 6.10 Å².